The summed E-state index contributed by atoms with van der Waals surface area (Å²) in [6.07, 6.45) is 3.43. The molecule has 20 heavy (non-hydrogen) atoms. The summed E-state index contributed by atoms with van der Waals surface area (Å²) in [5.74, 6) is 5.64. The van der Waals surface area contributed by atoms with Crippen molar-refractivity contribution in [3.63, 3.8) is 0 Å². The van der Waals surface area contributed by atoms with E-state index in [1.165, 1.54) is 12.8 Å². The van der Waals surface area contributed by atoms with Crippen LogP contribution in [0.25, 0.3) is 0 Å². The van der Waals surface area contributed by atoms with Crippen molar-refractivity contribution in [2.24, 2.45) is 5.84 Å². The maximum absolute atomic E-state index is 13.7. The first-order chi connectivity index (χ1) is 9.51. The summed E-state index contributed by atoms with van der Waals surface area (Å²) >= 11 is 0. The molecule has 3 N–H and O–H groups in total. The van der Waals surface area contributed by atoms with Crippen LogP contribution in [-0.4, -0.2) is 23.5 Å². The summed E-state index contributed by atoms with van der Waals surface area (Å²) in [7, 11) is 0. The zero-order chi connectivity index (χ0) is 14.8. The van der Waals surface area contributed by atoms with Crippen molar-refractivity contribution in [2.45, 2.75) is 51.6 Å². The third-order valence-electron chi connectivity index (χ3n) is 4.73. The van der Waals surface area contributed by atoms with E-state index in [9.17, 15) is 4.39 Å². The summed E-state index contributed by atoms with van der Waals surface area (Å²) in [5.41, 5.74) is 4.70. The van der Waals surface area contributed by atoms with Crippen molar-refractivity contribution in [3.05, 3.63) is 35.1 Å². The molecular formula is C16H26FN3. The maximum atomic E-state index is 13.7. The second-order valence-electron chi connectivity index (χ2n) is 6.07. The molecule has 4 heteroatoms. The average molecular weight is 279 g/mol. The van der Waals surface area contributed by atoms with Crippen LogP contribution >= 0.6 is 0 Å². The van der Waals surface area contributed by atoms with Gasteiger partial charge in [0.25, 0.3) is 0 Å². The summed E-state index contributed by atoms with van der Waals surface area (Å²) in [4.78, 5) is 2.48. The van der Waals surface area contributed by atoms with Gasteiger partial charge in [-0.05, 0) is 69.5 Å². The second-order valence-corrected chi connectivity index (χ2v) is 6.07. The molecule has 2 unspecified atom stereocenters. The first-order valence-electron chi connectivity index (χ1n) is 7.49. The number of benzene rings is 1. The molecule has 0 radical (unpaired) electrons. The van der Waals surface area contributed by atoms with Gasteiger partial charge in [-0.25, -0.2) is 4.39 Å². The highest BCUT2D eigenvalue weighted by molar-refractivity contribution is 5.29. The topological polar surface area (TPSA) is 41.3 Å². The molecule has 1 aromatic rings. The van der Waals surface area contributed by atoms with E-state index in [1.54, 1.807) is 12.1 Å². The Labute approximate surface area is 121 Å². The lowest BCUT2D eigenvalue weighted by Gasteiger charge is -2.44. The van der Waals surface area contributed by atoms with E-state index in [0.717, 1.165) is 30.6 Å². The number of nitrogens with one attached hydrogen (secondary N) is 1. The molecule has 1 fully saturated rings. The van der Waals surface area contributed by atoms with Crippen molar-refractivity contribution >= 4 is 0 Å². The van der Waals surface area contributed by atoms with Crippen LogP contribution in [0.1, 0.15) is 50.3 Å². The fourth-order valence-corrected chi connectivity index (χ4v) is 3.40. The van der Waals surface area contributed by atoms with Gasteiger partial charge in [-0.3, -0.25) is 16.2 Å². The van der Waals surface area contributed by atoms with Crippen LogP contribution in [0.5, 0.6) is 0 Å². The Morgan fingerprint density at radius 2 is 2.00 bits per heavy atom. The molecule has 112 valence electrons. The van der Waals surface area contributed by atoms with Crippen molar-refractivity contribution in [2.75, 3.05) is 13.1 Å². The van der Waals surface area contributed by atoms with Crippen molar-refractivity contribution in [1.82, 2.24) is 10.3 Å². The fraction of sp³-hybridized carbons (Fsp3) is 0.625. The minimum absolute atomic E-state index is 0.0694. The lowest BCUT2D eigenvalue weighted by Crippen LogP contribution is -2.54. The Morgan fingerprint density at radius 3 is 2.50 bits per heavy atom. The Morgan fingerprint density at radius 1 is 1.35 bits per heavy atom. The van der Waals surface area contributed by atoms with E-state index in [-0.39, 0.29) is 17.4 Å². The van der Waals surface area contributed by atoms with Crippen molar-refractivity contribution < 1.29 is 4.39 Å². The number of hydrazine groups is 1. The Bertz CT molecular complexity index is 437. The lowest BCUT2D eigenvalue weighted by atomic mass is 9.83. The van der Waals surface area contributed by atoms with E-state index in [2.05, 4.69) is 24.2 Å². The van der Waals surface area contributed by atoms with E-state index < -0.39 is 0 Å². The summed E-state index contributed by atoms with van der Waals surface area (Å²) in [5, 5.41) is 0. The molecule has 0 spiro atoms. The molecule has 2 atom stereocenters. The lowest BCUT2D eigenvalue weighted by molar-refractivity contribution is 0.0839. The van der Waals surface area contributed by atoms with Crippen LogP contribution in [0.4, 0.5) is 4.39 Å². The highest BCUT2D eigenvalue weighted by atomic mass is 19.1. The van der Waals surface area contributed by atoms with E-state index in [0.29, 0.717) is 0 Å². The Hall–Kier alpha value is -0.970. The number of hydrogen-bond acceptors (Lipinski definition) is 3. The fourth-order valence-electron chi connectivity index (χ4n) is 3.40. The van der Waals surface area contributed by atoms with Gasteiger partial charge in [-0.2, -0.15) is 0 Å². The minimum atomic E-state index is -0.194. The van der Waals surface area contributed by atoms with Crippen LogP contribution in [0, 0.1) is 12.7 Å². The van der Waals surface area contributed by atoms with Gasteiger partial charge >= 0.3 is 0 Å². The first-order valence-corrected chi connectivity index (χ1v) is 7.49. The highest BCUT2D eigenvalue weighted by Crippen LogP contribution is 2.36. The van der Waals surface area contributed by atoms with Gasteiger partial charge in [-0.15, -0.1) is 0 Å². The van der Waals surface area contributed by atoms with E-state index in [4.69, 9.17) is 5.84 Å². The highest BCUT2D eigenvalue weighted by Gasteiger charge is 2.39. The summed E-state index contributed by atoms with van der Waals surface area (Å²) in [6.45, 7) is 8.50. The number of aryl methyl sites for hydroxylation is 1. The van der Waals surface area contributed by atoms with E-state index >= 15 is 0 Å². The quantitative estimate of drug-likeness (QED) is 0.643. The molecule has 0 saturated carbocycles. The normalized spacial score (nSPS) is 20.9. The van der Waals surface area contributed by atoms with Crippen molar-refractivity contribution in [3.8, 4) is 0 Å². The second kappa shape index (κ2) is 6.20. The zero-order valence-corrected chi connectivity index (χ0v) is 12.7. The van der Waals surface area contributed by atoms with Crippen LogP contribution in [0.15, 0.2) is 18.2 Å². The minimum Gasteiger partial charge on any atom is -0.296 e. The standard InChI is InChI=1S/C16H26FN3/c1-4-16(3,20-7-5-6-8-20)15(19-18)13-9-12(2)10-14(17)11-13/h9-11,15,19H,4-8,18H2,1-3H3. The van der Waals surface area contributed by atoms with Gasteiger partial charge in [0.2, 0.25) is 0 Å². The van der Waals surface area contributed by atoms with Gasteiger partial charge < -0.3 is 0 Å². The number of nitrogens with zero attached hydrogens (tertiary/aromatic N) is 1. The molecule has 2 rings (SSSR count). The number of halogens is 1. The monoisotopic (exact) mass is 279 g/mol. The Balaban J connectivity index is 2.37. The number of hydrogen-bond donors (Lipinski definition) is 2. The SMILES string of the molecule is CCC(C)(C(NN)c1cc(C)cc(F)c1)N1CCCC1. The molecule has 3 nitrogen and oxygen atoms in total. The molecular weight excluding hydrogens is 253 g/mol. The predicted octanol–water partition coefficient (Wildman–Crippen LogP) is 2.90. The predicted molar refractivity (Wildman–Crippen MR) is 80.7 cm³/mol. The molecule has 0 aromatic heterocycles. The molecule has 1 saturated heterocycles. The van der Waals surface area contributed by atoms with Crippen molar-refractivity contribution in [1.29, 1.82) is 0 Å². The molecule has 1 aromatic carbocycles. The van der Waals surface area contributed by atoms with Crippen LogP contribution in [-0.2, 0) is 0 Å². The summed E-state index contributed by atoms with van der Waals surface area (Å²) in [6, 6.07) is 5.11. The smallest absolute Gasteiger partial charge is 0.123 e. The number of rotatable bonds is 5. The van der Waals surface area contributed by atoms with Crippen LogP contribution < -0.4 is 11.3 Å². The summed E-state index contributed by atoms with van der Waals surface area (Å²) < 4.78 is 13.7. The molecule has 0 bridgehead atoms. The van der Waals surface area contributed by atoms with Crippen LogP contribution in [0.2, 0.25) is 0 Å². The Kier molecular flexibility index (Phi) is 4.78. The average Bonchev–Trinajstić information content (AvgIpc) is 2.92. The van der Waals surface area contributed by atoms with Gasteiger partial charge in [-0.1, -0.05) is 13.0 Å². The van der Waals surface area contributed by atoms with Gasteiger partial charge in [0.15, 0.2) is 0 Å². The molecule has 0 amide bonds. The third kappa shape index (κ3) is 2.87. The van der Waals surface area contributed by atoms with Gasteiger partial charge in [0, 0.05) is 5.54 Å². The van der Waals surface area contributed by atoms with Crippen LogP contribution in [0.3, 0.4) is 0 Å². The molecule has 1 aliphatic heterocycles. The van der Waals surface area contributed by atoms with E-state index in [1.807, 2.05) is 13.0 Å². The first kappa shape index (κ1) is 15.4. The zero-order valence-electron chi connectivity index (χ0n) is 12.7. The molecule has 1 heterocycles. The van der Waals surface area contributed by atoms with Gasteiger partial charge in [0.05, 0.1) is 6.04 Å². The maximum Gasteiger partial charge on any atom is 0.123 e. The number of nitrogens with two attached hydrogens (primary N) is 1. The largest absolute Gasteiger partial charge is 0.296 e. The third-order valence-corrected chi connectivity index (χ3v) is 4.73. The van der Waals surface area contributed by atoms with Gasteiger partial charge in [0.1, 0.15) is 5.82 Å². The molecule has 1 aliphatic rings. The number of likely N-dealkylation sites (tertiary alicyclic amines) is 1. The molecule has 0 aliphatic carbocycles.